The van der Waals surface area contributed by atoms with E-state index in [4.69, 9.17) is 0 Å². The van der Waals surface area contributed by atoms with Gasteiger partial charge in [0.25, 0.3) is 5.91 Å². The smallest absolute Gasteiger partial charge is 0.271 e. The first kappa shape index (κ1) is 23.5. The van der Waals surface area contributed by atoms with Crippen LogP contribution in [0.3, 0.4) is 0 Å². The zero-order valence-corrected chi connectivity index (χ0v) is 19.0. The second kappa shape index (κ2) is 10.3. The number of benzene rings is 1. The van der Waals surface area contributed by atoms with E-state index in [1.54, 1.807) is 7.05 Å². The Balaban J connectivity index is 2.01. The van der Waals surface area contributed by atoms with E-state index in [-0.39, 0.29) is 16.8 Å². The molecule has 0 bridgehead atoms. The summed E-state index contributed by atoms with van der Waals surface area (Å²) in [5.41, 5.74) is 3.79. The number of amides is 1. The van der Waals surface area contributed by atoms with Crippen molar-refractivity contribution in [2.45, 2.75) is 57.4 Å². The Labute approximate surface area is 175 Å². The number of rotatable bonds is 8. The third-order valence-corrected chi connectivity index (χ3v) is 7.35. The minimum atomic E-state index is -3.58. The average Bonchev–Trinajstić information content (AvgIpc) is 2.70. The molecule has 1 fully saturated rings. The molecule has 1 N–H and O–H groups in total. The summed E-state index contributed by atoms with van der Waals surface area (Å²) in [6, 6.07) is 6.05. The van der Waals surface area contributed by atoms with Gasteiger partial charge in [-0.25, -0.2) is 13.8 Å². The van der Waals surface area contributed by atoms with Gasteiger partial charge in [-0.2, -0.15) is 9.41 Å². The molecule has 0 atom stereocenters. The first-order valence-corrected chi connectivity index (χ1v) is 11.7. The van der Waals surface area contributed by atoms with Gasteiger partial charge < -0.3 is 4.90 Å². The number of nitrogens with zero attached hydrogens (tertiary/aromatic N) is 3. The van der Waals surface area contributed by atoms with Gasteiger partial charge in [0.2, 0.25) is 10.0 Å². The summed E-state index contributed by atoms with van der Waals surface area (Å²) in [5.74, 6) is 0.236. The second-order valence-electron chi connectivity index (χ2n) is 8.30. The Morgan fingerprint density at radius 2 is 1.83 bits per heavy atom. The summed E-state index contributed by atoms with van der Waals surface area (Å²) in [5, 5.41) is 4.13. The lowest BCUT2D eigenvalue weighted by Crippen LogP contribution is -2.44. The van der Waals surface area contributed by atoms with Crippen LogP contribution < -0.4 is 5.43 Å². The van der Waals surface area contributed by atoms with Crippen molar-refractivity contribution in [1.82, 2.24) is 14.6 Å². The molecule has 2 rings (SSSR count). The van der Waals surface area contributed by atoms with Crippen LogP contribution in [0, 0.1) is 5.92 Å². The lowest BCUT2D eigenvalue weighted by atomic mass is 10.1. The summed E-state index contributed by atoms with van der Waals surface area (Å²) in [6.07, 6.45) is 3.49. The van der Waals surface area contributed by atoms with Crippen LogP contribution in [0.25, 0.3) is 0 Å². The molecule has 29 heavy (non-hydrogen) atoms. The number of sulfonamides is 1. The molecule has 0 saturated carbocycles. The monoisotopic (exact) mass is 422 g/mol. The quantitative estimate of drug-likeness (QED) is 0.516. The number of nitrogens with one attached hydrogen (secondary N) is 1. The van der Waals surface area contributed by atoms with E-state index in [0.717, 1.165) is 44.5 Å². The molecule has 7 nitrogen and oxygen atoms in total. The van der Waals surface area contributed by atoms with E-state index in [9.17, 15) is 13.2 Å². The Kier molecular flexibility index (Phi) is 8.36. The highest BCUT2D eigenvalue weighted by molar-refractivity contribution is 7.89. The van der Waals surface area contributed by atoms with Gasteiger partial charge in [-0.05, 0) is 82.9 Å². The molecule has 1 aromatic rings. The zero-order chi connectivity index (χ0) is 21.6. The van der Waals surface area contributed by atoms with Gasteiger partial charge in [0.1, 0.15) is 0 Å². The van der Waals surface area contributed by atoms with Crippen molar-refractivity contribution >= 4 is 21.6 Å². The van der Waals surface area contributed by atoms with Gasteiger partial charge in [-0.1, -0.05) is 13.8 Å². The van der Waals surface area contributed by atoms with Crippen molar-refractivity contribution in [1.29, 1.82) is 0 Å². The summed E-state index contributed by atoms with van der Waals surface area (Å²) < 4.78 is 27.3. The molecule has 0 spiro atoms. The molecule has 1 aliphatic heterocycles. The Morgan fingerprint density at radius 3 is 2.38 bits per heavy atom. The lowest BCUT2D eigenvalue weighted by molar-refractivity contribution is 0.0954. The van der Waals surface area contributed by atoms with Gasteiger partial charge in [-0.3, -0.25) is 4.79 Å². The third-order valence-electron chi connectivity index (χ3n) is 5.43. The summed E-state index contributed by atoms with van der Waals surface area (Å²) in [6.45, 7) is 7.95. The highest BCUT2D eigenvalue weighted by Gasteiger charge is 2.30. The van der Waals surface area contributed by atoms with Gasteiger partial charge in [0.15, 0.2) is 0 Å². The van der Waals surface area contributed by atoms with E-state index in [2.05, 4.69) is 29.3 Å². The Hall–Kier alpha value is -1.77. The fraction of sp³-hybridized carbons (Fsp3) is 0.619. The predicted molar refractivity (Wildman–Crippen MR) is 117 cm³/mol. The Bertz CT molecular complexity index is 811. The van der Waals surface area contributed by atoms with Crippen LogP contribution in [0.5, 0.6) is 0 Å². The number of carbonyl (C=O) groups excluding carboxylic acids is 1. The van der Waals surface area contributed by atoms with Crippen LogP contribution >= 0.6 is 0 Å². The average molecular weight is 423 g/mol. The van der Waals surface area contributed by atoms with Gasteiger partial charge >= 0.3 is 0 Å². The van der Waals surface area contributed by atoms with Crippen LogP contribution in [0.1, 0.15) is 56.8 Å². The molecule has 1 aliphatic rings. The molecule has 162 valence electrons. The molecule has 0 radical (unpaired) electrons. The number of likely N-dealkylation sites (tertiary alicyclic amines) is 1. The van der Waals surface area contributed by atoms with E-state index in [0.29, 0.717) is 11.5 Å². The molecule has 1 aromatic carbocycles. The normalized spacial score (nSPS) is 17.1. The summed E-state index contributed by atoms with van der Waals surface area (Å²) in [7, 11) is 0.101. The molecule has 1 heterocycles. The fourth-order valence-corrected chi connectivity index (χ4v) is 4.68. The molecule has 8 heteroatoms. The van der Waals surface area contributed by atoms with Crippen molar-refractivity contribution in [3.63, 3.8) is 0 Å². The molecule has 1 saturated heterocycles. The van der Waals surface area contributed by atoms with Crippen LogP contribution in [-0.4, -0.2) is 62.5 Å². The largest absolute Gasteiger partial charge is 0.306 e. The molecular weight excluding hydrogens is 388 g/mol. The standard InChI is InChI=1S/C21H34N4O3S/c1-16(2)6-7-17(3)22-23-21(26)18-8-10-20(11-9-18)29(27,28)25(5)19-12-14-24(4)15-13-19/h8-11,16,19H,6-7,12-15H2,1-5H3,(H,23,26)/b22-17-. The maximum Gasteiger partial charge on any atom is 0.271 e. The van der Waals surface area contributed by atoms with Crippen LogP contribution in [0.2, 0.25) is 0 Å². The second-order valence-corrected chi connectivity index (χ2v) is 10.3. The van der Waals surface area contributed by atoms with E-state index in [1.165, 1.54) is 28.6 Å². The van der Waals surface area contributed by atoms with Crippen LogP contribution in [-0.2, 0) is 10.0 Å². The number of hydrogen-bond acceptors (Lipinski definition) is 5. The molecule has 0 unspecified atom stereocenters. The topological polar surface area (TPSA) is 82.1 Å². The van der Waals surface area contributed by atoms with E-state index in [1.807, 2.05) is 14.0 Å². The van der Waals surface area contributed by atoms with Crippen molar-refractivity contribution in [3.8, 4) is 0 Å². The number of piperidine rings is 1. The number of hydrazone groups is 1. The molecular formula is C21H34N4O3S. The number of carbonyl (C=O) groups is 1. The van der Waals surface area contributed by atoms with Crippen molar-refractivity contribution in [2.75, 3.05) is 27.2 Å². The highest BCUT2D eigenvalue weighted by atomic mass is 32.2. The van der Waals surface area contributed by atoms with Crippen molar-refractivity contribution in [2.24, 2.45) is 11.0 Å². The minimum Gasteiger partial charge on any atom is -0.306 e. The SMILES string of the molecule is C/C(CCC(C)C)=N/NC(=O)c1ccc(S(=O)(=O)N(C)C2CCN(C)CC2)cc1. The van der Waals surface area contributed by atoms with E-state index >= 15 is 0 Å². The van der Waals surface area contributed by atoms with E-state index < -0.39 is 10.0 Å². The minimum absolute atomic E-state index is 0.00215. The third kappa shape index (κ3) is 6.62. The lowest BCUT2D eigenvalue weighted by Gasteiger charge is -2.34. The van der Waals surface area contributed by atoms with Gasteiger partial charge in [0.05, 0.1) is 4.90 Å². The summed E-state index contributed by atoms with van der Waals surface area (Å²) in [4.78, 5) is 14.7. The molecule has 0 aliphatic carbocycles. The van der Waals surface area contributed by atoms with Crippen molar-refractivity contribution < 1.29 is 13.2 Å². The first-order valence-electron chi connectivity index (χ1n) is 10.2. The first-order chi connectivity index (χ1) is 13.6. The maximum absolute atomic E-state index is 12.9. The maximum atomic E-state index is 12.9. The van der Waals surface area contributed by atoms with Crippen LogP contribution in [0.15, 0.2) is 34.3 Å². The Morgan fingerprint density at radius 1 is 1.24 bits per heavy atom. The summed E-state index contributed by atoms with van der Waals surface area (Å²) >= 11 is 0. The zero-order valence-electron chi connectivity index (χ0n) is 18.2. The molecule has 0 aromatic heterocycles. The van der Waals surface area contributed by atoms with Crippen LogP contribution in [0.4, 0.5) is 0 Å². The fourth-order valence-electron chi connectivity index (χ4n) is 3.26. The van der Waals surface area contributed by atoms with Gasteiger partial charge in [-0.15, -0.1) is 0 Å². The van der Waals surface area contributed by atoms with Gasteiger partial charge in [0, 0.05) is 24.4 Å². The highest BCUT2D eigenvalue weighted by Crippen LogP contribution is 2.22. The molecule has 1 amide bonds. The van der Waals surface area contributed by atoms with Crippen molar-refractivity contribution in [3.05, 3.63) is 29.8 Å². The predicted octanol–water partition coefficient (Wildman–Crippen LogP) is 2.94. The number of hydrogen-bond donors (Lipinski definition) is 1.